The van der Waals surface area contributed by atoms with Crippen molar-refractivity contribution in [2.75, 3.05) is 6.61 Å². The maximum Gasteiger partial charge on any atom is 0.359 e. The summed E-state index contributed by atoms with van der Waals surface area (Å²) in [6, 6.07) is 12.4. The molecule has 0 aliphatic heterocycles. The van der Waals surface area contributed by atoms with Crippen molar-refractivity contribution in [1.82, 2.24) is 14.8 Å². The maximum atomic E-state index is 12.5. The minimum Gasteiger partial charge on any atom is -0.453 e. The van der Waals surface area contributed by atoms with Crippen LogP contribution in [0.15, 0.2) is 42.5 Å². The molecule has 0 bridgehead atoms. The van der Waals surface area contributed by atoms with Gasteiger partial charge in [0.15, 0.2) is 23.9 Å². The monoisotopic (exact) mass is 411 g/mol. The highest BCUT2D eigenvalue weighted by molar-refractivity contribution is 6.33. The van der Waals surface area contributed by atoms with E-state index in [9.17, 15) is 9.59 Å². The predicted octanol–water partition coefficient (Wildman–Crippen LogP) is 4.70. The molecular formula is C22H22ClN3O3. The number of ether oxygens (including phenoxy) is 1. The highest BCUT2D eigenvalue weighted by Crippen LogP contribution is 2.19. The van der Waals surface area contributed by atoms with E-state index in [1.54, 1.807) is 28.9 Å². The van der Waals surface area contributed by atoms with Gasteiger partial charge in [-0.3, -0.25) is 4.79 Å². The van der Waals surface area contributed by atoms with Gasteiger partial charge in [-0.05, 0) is 43.5 Å². The lowest BCUT2D eigenvalue weighted by Gasteiger charge is -2.09. The van der Waals surface area contributed by atoms with Gasteiger partial charge in [-0.15, -0.1) is 0 Å². The molecule has 0 aliphatic carbocycles. The van der Waals surface area contributed by atoms with Crippen LogP contribution in [0.2, 0.25) is 5.02 Å². The molecule has 2 aromatic heterocycles. The Morgan fingerprint density at radius 1 is 1.10 bits per heavy atom. The number of esters is 1. The van der Waals surface area contributed by atoms with Crippen molar-refractivity contribution >= 4 is 23.4 Å². The van der Waals surface area contributed by atoms with Crippen LogP contribution in [0.4, 0.5) is 0 Å². The van der Waals surface area contributed by atoms with Crippen LogP contribution < -0.4 is 0 Å². The molecule has 0 fully saturated rings. The molecule has 2 heterocycles. The van der Waals surface area contributed by atoms with Crippen molar-refractivity contribution < 1.29 is 14.3 Å². The Kier molecular flexibility index (Phi) is 6.13. The van der Waals surface area contributed by atoms with Crippen LogP contribution in [-0.2, 0) is 4.74 Å². The first-order valence-electron chi connectivity index (χ1n) is 9.26. The SMILES string of the molecule is Cc1cc(C)n(-c2ccc(Cl)c(C(=O)OCC(=O)c3ccc(C(C)C)cc3)n2)n1. The summed E-state index contributed by atoms with van der Waals surface area (Å²) in [5.74, 6) is -0.229. The topological polar surface area (TPSA) is 74.1 Å². The number of nitrogens with zero attached hydrogens (tertiary/aromatic N) is 3. The van der Waals surface area contributed by atoms with Gasteiger partial charge in [0.2, 0.25) is 0 Å². The Hall–Kier alpha value is -2.99. The number of hydrogen-bond acceptors (Lipinski definition) is 5. The molecule has 0 unspecified atom stereocenters. The molecule has 29 heavy (non-hydrogen) atoms. The van der Waals surface area contributed by atoms with Crippen molar-refractivity contribution in [2.24, 2.45) is 0 Å². The molecule has 0 radical (unpaired) electrons. The normalized spacial score (nSPS) is 11.0. The van der Waals surface area contributed by atoms with Gasteiger partial charge in [-0.2, -0.15) is 5.10 Å². The van der Waals surface area contributed by atoms with Crippen LogP contribution in [0.3, 0.4) is 0 Å². The van der Waals surface area contributed by atoms with Gasteiger partial charge in [0.1, 0.15) is 0 Å². The van der Waals surface area contributed by atoms with Crippen molar-refractivity contribution in [3.8, 4) is 5.82 Å². The number of hydrogen-bond donors (Lipinski definition) is 0. The lowest BCUT2D eigenvalue weighted by molar-refractivity contribution is 0.0469. The van der Waals surface area contributed by atoms with Crippen molar-refractivity contribution in [3.63, 3.8) is 0 Å². The second-order valence-electron chi connectivity index (χ2n) is 7.11. The summed E-state index contributed by atoms with van der Waals surface area (Å²) in [5.41, 5.74) is 3.27. The highest BCUT2D eigenvalue weighted by atomic mass is 35.5. The Morgan fingerprint density at radius 2 is 1.79 bits per heavy atom. The zero-order valence-electron chi connectivity index (χ0n) is 16.8. The van der Waals surface area contributed by atoms with E-state index >= 15 is 0 Å². The van der Waals surface area contributed by atoms with Gasteiger partial charge in [-0.1, -0.05) is 49.7 Å². The Morgan fingerprint density at radius 3 is 2.38 bits per heavy atom. The minimum atomic E-state index is -0.759. The van der Waals surface area contributed by atoms with Gasteiger partial charge < -0.3 is 4.74 Å². The first-order chi connectivity index (χ1) is 13.8. The number of aryl methyl sites for hydroxylation is 2. The highest BCUT2D eigenvalue weighted by Gasteiger charge is 2.18. The number of carbonyl (C=O) groups is 2. The van der Waals surface area contributed by atoms with Crippen molar-refractivity contribution in [3.05, 3.63) is 75.7 Å². The first kappa shape index (κ1) is 20.7. The third-order valence-corrected chi connectivity index (χ3v) is 4.79. The van der Waals surface area contributed by atoms with Crippen molar-refractivity contribution in [2.45, 2.75) is 33.6 Å². The second kappa shape index (κ2) is 8.57. The number of ketones is 1. The number of pyridine rings is 1. The van der Waals surface area contributed by atoms with Gasteiger partial charge in [0.05, 0.1) is 10.7 Å². The van der Waals surface area contributed by atoms with E-state index in [2.05, 4.69) is 23.9 Å². The average Bonchev–Trinajstić information content (AvgIpc) is 3.04. The standard InChI is InChI=1S/C22H22ClN3O3/c1-13(2)16-5-7-17(8-6-16)19(27)12-29-22(28)21-18(23)9-10-20(24-21)26-15(4)11-14(3)25-26/h5-11,13H,12H2,1-4H3. The molecule has 0 spiro atoms. The molecular weight excluding hydrogens is 390 g/mol. The van der Waals surface area contributed by atoms with Crippen LogP contribution in [0.25, 0.3) is 5.82 Å². The summed E-state index contributed by atoms with van der Waals surface area (Å²) < 4.78 is 6.78. The zero-order valence-corrected chi connectivity index (χ0v) is 17.5. The van der Waals surface area contributed by atoms with E-state index in [-0.39, 0.29) is 23.1 Å². The summed E-state index contributed by atoms with van der Waals surface area (Å²) >= 11 is 6.12. The molecule has 0 N–H and O–H groups in total. The first-order valence-corrected chi connectivity index (χ1v) is 9.64. The molecule has 0 aliphatic rings. The summed E-state index contributed by atoms with van der Waals surface area (Å²) in [7, 11) is 0. The van der Waals surface area contributed by atoms with E-state index in [0.717, 1.165) is 17.0 Å². The molecule has 0 saturated carbocycles. The van der Waals surface area contributed by atoms with Crippen molar-refractivity contribution in [1.29, 1.82) is 0 Å². The van der Waals surface area contributed by atoms with Crippen LogP contribution in [0.5, 0.6) is 0 Å². The smallest absolute Gasteiger partial charge is 0.359 e. The second-order valence-corrected chi connectivity index (χ2v) is 7.52. The lowest BCUT2D eigenvalue weighted by atomic mass is 10.0. The van der Waals surface area contributed by atoms with Gasteiger partial charge in [0.25, 0.3) is 0 Å². The Labute approximate surface area is 174 Å². The van der Waals surface area contributed by atoms with E-state index in [4.69, 9.17) is 16.3 Å². The fourth-order valence-electron chi connectivity index (χ4n) is 2.89. The molecule has 0 saturated heterocycles. The molecule has 6 nitrogen and oxygen atoms in total. The number of halogens is 1. The average molecular weight is 412 g/mol. The summed E-state index contributed by atoms with van der Waals surface area (Å²) in [6.45, 7) is 7.53. The Balaban J connectivity index is 1.72. The zero-order chi connectivity index (χ0) is 21.1. The molecule has 3 aromatic rings. The largest absolute Gasteiger partial charge is 0.453 e. The van der Waals surface area contributed by atoms with Crippen LogP contribution in [0.1, 0.15) is 57.6 Å². The summed E-state index contributed by atoms with van der Waals surface area (Å²) in [6.07, 6.45) is 0. The lowest BCUT2D eigenvalue weighted by Crippen LogP contribution is -2.16. The third kappa shape index (κ3) is 4.71. The third-order valence-electron chi connectivity index (χ3n) is 4.48. The molecule has 1 aromatic carbocycles. The molecule has 3 rings (SSSR count). The number of Topliss-reactive ketones (excluding diaryl/α,β-unsaturated/α-hetero) is 1. The summed E-state index contributed by atoms with van der Waals surface area (Å²) in [4.78, 5) is 29.1. The maximum absolute atomic E-state index is 12.5. The number of rotatable bonds is 6. The van der Waals surface area contributed by atoms with E-state index in [0.29, 0.717) is 17.3 Å². The fraction of sp³-hybridized carbons (Fsp3) is 0.273. The fourth-order valence-corrected chi connectivity index (χ4v) is 3.07. The van der Waals surface area contributed by atoms with E-state index in [1.165, 1.54) is 0 Å². The molecule has 0 atom stereocenters. The predicted molar refractivity (Wildman–Crippen MR) is 111 cm³/mol. The van der Waals surface area contributed by atoms with E-state index < -0.39 is 5.97 Å². The molecule has 7 heteroatoms. The molecule has 0 amide bonds. The van der Waals surface area contributed by atoms with Gasteiger partial charge in [0, 0.05) is 11.3 Å². The van der Waals surface area contributed by atoms with Crippen LogP contribution >= 0.6 is 11.6 Å². The number of aromatic nitrogens is 3. The van der Waals surface area contributed by atoms with E-state index in [1.807, 2.05) is 32.0 Å². The van der Waals surface area contributed by atoms with Crippen LogP contribution in [-0.4, -0.2) is 33.1 Å². The quantitative estimate of drug-likeness (QED) is 0.434. The molecule has 150 valence electrons. The summed E-state index contributed by atoms with van der Waals surface area (Å²) in [5, 5.41) is 4.50. The number of benzene rings is 1. The minimum absolute atomic E-state index is 0.0559. The van der Waals surface area contributed by atoms with Crippen LogP contribution in [0, 0.1) is 13.8 Å². The Bertz CT molecular complexity index is 1060. The van der Waals surface area contributed by atoms with Gasteiger partial charge >= 0.3 is 5.97 Å². The number of carbonyl (C=O) groups excluding carboxylic acids is 2. The van der Waals surface area contributed by atoms with Gasteiger partial charge in [-0.25, -0.2) is 14.5 Å².